The van der Waals surface area contributed by atoms with Gasteiger partial charge in [-0.25, -0.2) is 30.2 Å². The first-order valence-electron chi connectivity index (χ1n) is 28.7. The number of esters is 2. The van der Waals surface area contributed by atoms with Gasteiger partial charge in [0.25, 0.3) is 0 Å². The van der Waals surface area contributed by atoms with Gasteiger partial charge in [0.05, 0.1) is 47.3 Å². The number of fused-ring (bicyclic) bond motifs is 2. The number of benzene rings is 2. The maximum absolute atomic E-state index is 13.9. The molecule has 10 N–H and O–H groups in total. The Bertz CT molecular complexity index is 3820. The molecule has 6 heterocycles. The Kier molecular flexibility index (Phi) is 22.1. The van der Waals surface area contributed by atoms with Gasteiger partial charge in [-0.3, -0.25) is 27.5 Å². The first-order valence-corrected chi connectivity index (χ1v) is 34.1. The third-order valence-corrected chi connectivity index (χ3v) is 19.7. The van der Waals surface area contributed by atoms with E-state index in [-0.39, 0.29) is 66.1 Å². The second kappa shape index (κ2) is 29.1. The predicted molar refractivity (Wildman–Crippen MR) is 334 cm³/mol. The Morgan fingerprint density at radius 2 is 1.08 bits per heavy atom. The number of carbonyl (C=O) groups is 4. The molecule has 2 fully saturated rings. The van der Waals surface area contributed by atoms with Crippen molar-refractivity contribution in [3.05, 3.63) is 148 Å². The molecule has 2 saturated carbocycles. The van der Waals surface area contributed by atoms with E-state index in [0.717, 1.165) is 56.0 Å². The SMILES string of the molecule is CC[C@H](C)[C@H](N)C(=O)O[C@H]1C[C@H](Nc2ncncc2C(=O)c2cc(C3OCCc4ccc(Cl)cc43)c(C)s2)C[C@@H]1COS(N)(=O)=O.Cc1sc(C(=O)c2cncnc2N[C@@H]2C[C@H](COS(N)(=O)=O)[C@@H](OC(=O)[C@H](C)N)C2)cc1[C@@H]1OCCc2ccc(Cl)cc21. The zero-order valence-electron chi connectivity index (χ0n) is 49.3. The van der Waals surface area contributed by atoms with Crippen LogP contribution in [0.15, 0.2) is 73.6 Å². The summed E-state index contributed by atoms with van der Waals surface area (Å²) in [6, 6.07) is 12.9. The fourth-order valence-corrected chi connectivity index (χ4v) is 14.4. The zero-order valence-corrected chi connectivity index (χ0v) is 54.0. The van der Waals surface area contributed by atoms with Crippen LogP contribution in [0.25, 0.3) is 0 Å². The summed E-state index contributed by atoms with van der Waals surface area (Å²) in [5.74, 6) is -2.22. The fraction of sp³-hybridized carbons (Fsp3) is 0.458. The monoisotopic (exact) mass is 1340 g/mol. The minimum absolute atomic E-state index is 0.102. The van der Waals surface area contributed by atoms with Crippen molar-refractivity contribution in [1.29, 1.82) is 0 Å². The van der Waals surface area contributed by atoms with Crippen LogP contribution in [0.1, 0.15) is 139 Å². The van der Waals surface area contributed by atoms with Crippen LogP contribution in [-0.2, 0) is 70.4 Å². The summed E-state index contributed by atoms with van der Waals surface area (Å²) in [6.07, 6.45) is 7.08. The van der Waals surface area contributed by atoms with E-state index in [9.17, 15) is 36.0 Å². The number of halogens is 2. The van der Waals surface area contributed by atoms with Crippen molar-refractivity contribution in [2.45, 2.75) is 128 Å². The van der Waals surface area contributed by atoms with E-state index >= 15 is 0 Å². The molecule has 6 aromatic rings. The van der Waals surface area contributed by atoms with Gasteiger partial charge in [-0.05, 0) is 122 Å². The minimum Gasteiger partial charge on any atom is -0.461 e. The summed E-state index contributed by atoms with van der Waals surface area (Å²) >= 11 is 15.3. The number of nitrogens with two attached hydrogens (primary N) is 4. The van der Waals surface area contributed by atoms with Crippen molar-refractivity contribution in [3.63, 3.8) is 0 Å². The van der Waals surface area contributed by atoms with Crippen molar-refractivity contribution in [1.82, 2.24) is 19.9 Å². The summed E-state index contributed by atoms with van der Waals surface area (Å²) in [6.45, 7) is 9.74. The third-order valence-electron chi connectivity index (χ3n) is 16.2. The Morgan fingerprint density at radius 1 is 0.652 bits per heavy atom. The van der Waals surface area contributed by atoms with Gasteiger partial charge >= 0.3 is 32.5 Å². The molecule has 0 saturated heterocycles. The number of nitrogens with one attached hydrogen (secondary N) is 2. The number of thiophene rings is 2. The van der Waals surface area contributed by atoms with Crippen LogP contribution in [0.3, 0.4) is 0 Å². The van der Waals surface area contributed by atoms with Crippen LogP contribution in [0, 0.1) is 31.6 Å². The van der Waals surface area contributed by atoms with Crippen LogP contribution in [0.4, 0.5) is 11.6 Å². The minimum atomic E-state index is -4.22. The van der Waals surface area contributed by atoms with Gasteiger partial charge in [0.1, 0.15) is 60.8 Å². The molecule has 0 bridgehead atoms. The van der Waals surface area contributed by atoms with Crippen LogP contribution >= 0.6 is 45.9 Å². The molecule has 478 valence electrons. The van der Waals surface area contributed by atoms with Crippen molar-refractivity contribution in [3.8, 4) is 0 Å². The quantitative estimate of drug-likeness (QED) is 0.0290. The molecule has 0 spiro atoms. The van der Waals surface area contributed by atoms with Crippen molar-refractivity contribution < 1.29 is 63.3 Å². The van der Waals surface area contributed by atoms with E-state index in [1.807, 2.05) is 76.2 Å². The smallest absolute Gasteiger partial charge is 0.333 e. The van der Waals surface area contributed by atoms with Gasteiger partial charge in [0, 0.05) is 69.0 Å². The van der Waals surface area contributed by atoms with E-state index in [1.54, 1.807) is 0 Å². The van der Waals surface area contributed by atoms with Gasteiger partial charge in [-0.15, -0.1) is 22.7 Å². The molecule has 2 aliphatic carbocycles. The first kappa shape index (κ1) is 67.4. The topological polar surface area (TPSA) is 372 Å². The fourth-order valence-electron chi connectivity index (χ4n) is 11.3. The Balaban J connectivity index is 0.000000212. The maximum atomic E-state index is 13.9. The Morgan fingerprint density at radius 3 is 1.48 bits per heavy atom. The molecule has 2 aromatic carbocycles. The number of anilines is 2. The maximum Gasteiger partial charge on any atom is 0.333 e. The Labute approximate surface area is 534 Å². The number of nitrogens with zero attached hydrogens (tertiary/aromatic N) is 4. The van der Waals surface area contributed by atoms with Gasteiger partial charge in [0.15, 0.2) is 0 Å². The van der Waals surface area contributed by atoms with Gasteiger partial charge in [-0.1, -0.05) is 55.6 Å². The highest BCUT2D eigenvalue weighted by Crippen LogP contribution is 2.42. The van der Waals surface area contributed by atoms with Crippen molar-refractivity contribution in [2.75, 3.05) is 37.1 Å². The van der Waals surface area contributed by atoms with E-state index < -0.39 is 68.7 Å². The zero-order chi connectivity index (χ0) is 64.1. The van der Waals surface area contributed by atoms with Crippen LogP contribution in [0.5, 0.6) is 0 Å². The lowest BCUT2D eigenvalue weighted by Gasteiger charge is -2.26. The average Bonchev–Trinajstić information content (AvgIpc) is 2.79. The van der Waals surface area contributed by atoms with Gasteiger partial charge < -0.3 is 41.0 Å². The molecule has 10 rings (SSSR count). The normalized spacial score (nSPS) is 22.6. The molecule has 24 nitrogen and oxygen atoms in total. The molecule has 89 heavy (non-hydrogen) atoms. The lowest BCUT2D eigenvalue weighted by atomic mass is 9.93. The lowest BCUT2D eigenvalue weighted by Crippen LogP contribution is -2.41. The number of ether oxygens (including phenoxy) is 4. The van der Waals surface area contributed by atoms with Crippen molar-refractivity contribution in [2.24, 2.45) is 39.5 Å². The number of aromatic nitrogens is 4. The second-order valence-electron chi connectivity index (χ2n) is 22.5. The molecule has 1 unspecified atom stereocenters. The number of carbonyl (C=O) groups excluding carboxylic acids is 4. The highest BCUT2D eigenvalue weighted by molar-refractivity contribution is 7.84. The summed E-state index contributed by atoms with van der Waals surface area (Å²) in [4.78, 5) is 72.4. The highest BCUT2D eigenvalue weighted by atomic mass is 35.5. The van der Waals surface area contributed by atoms with Crippen LogP contribution < -0.4 is 32.4 Å². The lowest BCUT2D eigenvalue weighted by molar-refractivity contribution is -0.154. The van der Waals surface area contributed by atoms with E-state index in [4.69, 9.17) is 72.3 Å². The number of rotatable bonds is 22. The van der Waals surface area contributed by atoms with E-state index in [2.05, 4.69) is 30.6 Å². The molecule has 2 aliphatic heterocycles. The molecule has 30 heteroatoms. The summed E-state index contributed by atoms with van der Waals surface area (Å²) in [5.41, 5.74) is 18.4. The molecule has 0 radical (unpaired) electrons. The standard InChI is InChI=1S/C31H38ClN5O7S2.C28H32ClN5O7S2/c1-4-16(2)27(33)31(39)44-25-11-21(9-19(25)14-43-46(34,40)41)37-30-24(13-35-15-36-30)28(38)26-12-22(17(3)45-26)29-23-10-20(32)6-5-18(23)7-8-42-29;1-14(30)28(36)41-23-9-19(7-17(23)12-40-43(31,37)38)34-27-22(11-32-13-33-27)25(35)24-10-20(15(2)42-24)26-21-8-18(29)4-3-16(21)5-6-39-26/h5-6,10,12-13,15-16,19,21,25,27,29H,4,7-9,11,14,33H2,1-3H3,(H2,34,40,41)(H,35,36,37);3-4,8,10-11,13-14,17,19,23,26H,5-7,9,12,30H2,1-2H3,(H2,31,37,38)(H,32,33,34)/t16-,19+,21+,25-,27-,29?;14-,17+,19+,23-,26-/m00/s1. The number of ketones is 2. The average molecular weight is 1340 g/mol. The summed E-state index contributed by atoms with van der Waals surface area (Å²) < 4.78 is 79.1. The summed E-state index contributed by atoms with van der Waals surface area (Å²) in [5, 5.41) is 17.9. The van der Waals surface area contributed by atoms with E-state index in [1.165, 1.54) is 54.6 Å². The molecular weight excluding hydrogens is 1270 g/mol. The molecule has 4 aromatic heterocycles. The van der Waals surface area contributed by atoms with E-state index in [0.29, 0.717) is 76.8 Å². The third kappa shape index (κ3) is 17.0. The van der Waals surface area contributed by atoms with Crippen LogP contribution in [-0.4, -0.2) is 123 Å². The number of hydrogen-bond acceptors (Lipinski definition) is 24. The van der Waals surface area contributed by atoms with Crippen molar-refractivity contribution >= 4 is 102 Å². The van der Waals surface area contributed by atoms with Gasteiger partial charge in [-0.2, -0.15) is 16.8 Å². The second-order valence-corrected chi connectivity index (χ2v) is 28.3. The first-order chi connectivity index (χ1) is 42.2. The Hall–Kier alpha value is -5.96. The van der Waals surface area contributed by atoms with Crippen LogP contribution in [0.2, 0.25) is 10.0 Å². The number of hydrogen-bond donors (Lipinski definition) is 6. The number of aryl methyl sites for hydroxylation is 2. The summed E-state index contributed by atoms with van der Waals surface area (Å²) in [7, 11) is -8.41. The highest BCUT2D eigenvalue weighted by Gasteiger charge is 2.42. The molecular formula is C59H70Cl2N10O14S4. The largest absolute Gasteiger partial charge is 0.461 e. The predicted octanol–water partition coefficient (Wildman–Crippen LogP) is 7.15. The molecule has 0 amide bonds. The molecule has 4 aliphatic rings. The van der Waals surface area contributed by atoms with Gasteiger partial charge in [0.2, 0.25) is 11.6 Å². The molecule has 11 atom stereocenters.